The first kappa shape index (κ1) is 26.0. The van der Waals surface area contributed by atoms with Crippen LogP contribution in [0.4, 0.5) is 11.4 Å². The fourth-order valence-electron chi connectivity index (χ4n) is 6.35. The van der Waals surface area contributed by atoms with Gasteiger partial charge in [0.2, 0.25) is 5.91 Å². The molecule has 39 heavy (non-hydrogen) atoms. The number of carbonyl (C=O) groups excluding carboxylic acids is 2. The largest absolute Gasteiger partial charge is 0.357 e. The van der Waals surface area contributed by atoms with Gasteiger partial charge in [-0.25, -0.2) is 0 Å². The molecule has 1 amide bonds. The highest BCUT2D eigenvalue weighted by molar-refractivity contribution is 6.42. The highest BCUT2D eigenvalue weighted by atomic mass is 35.5. The second-order valence-electron chi connectivity index (χ2n) is 11.6. The van der Waals surface area contributed by atoms with E-state index in [4.69, 9.17) is 23.2 Å². The lowest BCUT2D eigenvalue weighted by molar-refractivity contribution is -0.121. The van der Waals surface area contributed by atoms with Crippen molar-refractivity contribution in [3.05, 3.63) is 105 Å². The topological polar surface area (TPSA) is 61.4 Å². The first-order valence-electron chi connectivity index (χ1n) is 13.4. The number of nitrogens with zero attached hydrogens (tertiary/aromatic N) is 1. The first-order chi connectivity index (χ1) is 18.7. The van der Waals surface area contributed by atoms with Crippen LogP contribution in [0.15, 0.2) is 78.0 Å². The van der Waals surface area contributed by atoms with Gasteiger partial charge in [0, 0.05) is 23.7 Å². The number of ketones is 1. The molecule has 3 aromatic rings. The second kappa shape index (κ2) is 10.0. The van der Waals surface area contributed by atoms with Gasteiger partial charge >= 0.3 is 0 Å². The fraction of sp³-hybridized carbons (Fsp3) is 0.312. The molecule has 1 heterocycles. The number of fused-ring (bicyclic) bond motifs is 2. The molecular formula is C32H31Cl2N3O2. The van der Waals surface area contributed by atoms with Crippen molar-refractivity contribution in [3.8, 4) is 0 Å². The standard InChI is InChI=1S/C32H31Cl2N3O2/c1-32(2)16-26-30(28(38)17-32)31(21-11-12-23(33)24(34)15-21)37(27-10-6-5-9-25(27)36-26)18-29(39)35-22-13-19-7-3-4-8-20(19)14-22/h3-12,15,22,31,36H,13-14,16-18H2,1-2H3,(H,35,39). The van der Waals surface area contributed by atoms with E-state index in [-0.39, 0.29) is 29.7 Å². The summed E-state index contributed by atoms with van der Waals surface area (Å²) >= 11 is 12.8. The molecule has 2 N–H and O–H groups in total. The third-order valence-electron chi connectivity index (χ3n) is 7.99. The maximum absolute atomic E-state index is 13.8. The molecule has 0 saturated heterocycles. The Bertz CT molecular complexity index is 1490. The van der Waals surface area contributed by atoms with Gasteiger partial charge in [-0.3, -0.25) is 9.59 Å². The van der Waals surface area contributed by atoms with Crippen LogP contribution in [0.25, 0.3) is 0 Å². The molecule has 2 aliphatic carbocycles. The van der Waals surface area contributed by atoms with Gasteiger partial charge in [-0.05, 0) is 65.6 Å². The first-order valence-corrected chi connectivity index (χ1v) is 14.1. The quantitative estimate of drug-likeness (QED) is 0.365. The number of Topliss-reactive ketones (excluding diaryl/α,β-unsaturated/α-hetero) is 1. The van der Waals surface area contributed by atoms with Crippen LogP contribution in [0.5, 0.6) is 0 Å². The van der Waals surface area contributed by atoms with Crippen LogP contribution in [0.3, 0.4) is 0 Å². The Kier molecular flexibility index (Phi) is 6.68. The molecule has 0 bridgehead atoms. The average molecular weight is 561 g/mol. The number of anilines is 2. The second-order valence-corrected chi connectivity index (χ2v) is 12.4. The molecule has 5 nitrogen and oxygen atoms in total. The van der Waals surface area contributed by atoms with E-state index in [2.05, 4.69) is 36.6 Å². The summed E-state index contributed by atoms with van der Waals surface area (Å²) in [7, 11) is 0. The Morgan fingerprint density at radius 3 is 2.38 bits per heavy atom. The number of allylic oxidation sites excluding steroid dienone is 1. The van der Waals surface area contributed by atoms with Crippen molar-refractivity contribution >= 4 is 46.3 Å². The van der Waals surface area contributed by atoms with Gasteiger partial charge in [-0.1, -0.05) is 79.5 Å². The van der Waals surface area contributed by atoms with Crippen molar-refractivity contribution in [2.45, 2.75) is 51.6 Å². The Balaban J connectivity index is 1.41. The van der Waals surface area contributed by atoms with Crippen molar-refractivity contribution in [2.24, 2.45) is 5.41 Å². The Labute approximate surface area is 239 Å². The number of carbonyl (C=O) groups is 2. The molecule has 1 unspecified atom stereocenters. The zero-order chi connectivity index (χ0) is 27.3. The van der Waals surface area contributed by atoms with Crippen molar-refractivity contribution in [1.29, 1.82) is 0 Å². The Morgan fingerprint density at radius 1 is 0.974 bits per heavy atom. The van der Waals surface area contributed by atoms with Gasteiger partial charge in [0.05, 0.1) is 34.0 Å². The number of rotatable bonds is 4. The zero-order valence-corrected chi connectivity index (χ0v) is 23.6. The number of para-hydroxylation sites is 2. The molecule has 1 aliphatic heterocycles. The Morgan fingerprint density at radius 2 is 1.67 bits per heavy atom. The number of amides is 1. The van der Waals surface area contributed by atoms with Gasteiger partial charge in [0.1, 0.15) is 0 Å². The van der Waals surface area contributed by atoms with Gasteiger partial charge in [0.15, 0.2) is 5.78 Å². The lowest BCUT2D eigenvalue weighted by atomic mass is 9.73. The van der Waals surface area contributed by atoms with Crippen molar-refractivity contribution in [1.82, 2.24) is 5.32 Å². The van der Waals surface area contributed by atoms with Crippen LogP contribution in [0.2, 0.25) is 10.0 Å². The highest BCUT2D eigenvalue weighted by Gasteiger charge is 2.42. The van der Waals surface area contributed by atoms with Crippen LogP contribution in [0.1, 0.15) is 49.4 Å². The van der Waals surface area contributed by atoms with Gasteiger partial charge in [0.25, 0.3) is 0 Å². The normalized spacial score (nSPS) is 20.1. The molecule has 0 saturated carbocycles. The predicted octanol–water partition coefficient (Wildman–Crippen LogP) is 6.89. The van der Waals surface area contributed by atoms with E-state index in [1.807, 2.05) is 53.4 Å². The van der Waals surface area contributed by atoms with Gasteiger partial charge < -0.3 is 15.5 Å². The number of nitrogens with one attached hydrogen (secondary N) is 2. The summed E-state index contributed by atoms with van der Waals surface area (Å²) in [6.45, 7) is 4.32. The lowest BCUT2D eigenvalue weighted by Gasteiger charge is -2.38. The van der Waals surface area contributed by atoms with E-state index in [1.54, 1.807) is 6.07 Å². The van der Waals surface area contributed by atoms with E-state index >= 15 is 0 Å². The molecule has 0 spiro atoms. The maximum atomic E-state index is 13.8. The average Bonchev–Trinajstić information content (AvgIpc) is 3.23. The molecule has 3 aromatic carbocycles. The number of hydrogen-bond donors (Lipinski definition) is 2. The van der Waals surface area contributed by atoms with Crippen molar-refractivity contribution < 1.29 is 9.59 Å². The number of benzene rings is 3. The predicted molar refractivity (Wildman–Crippen MR) is 157 cm³/mol. The summed E-state index contributed by atoms with van der Waals surface area (Å²) < 4.78 is 0. The lowest BCUT2D eigenvalue weighted by Crippen LogP contribution is -2.45. The van der Waals surface area contributed by atoms with Crippen LogP contribution < -0.4 is 15.5 Å². The molecule has 0 aromatic heterocycles. The Hall–Kier alpha value is -3.28. The highest BCUT2D eigenvalue weighted by Crippen LogP contribution is 2.48. The van der Waals surface area contributed by atoms with Crippen LogP contribution in [0, 0.1) is 5.41 Å². The summed E-state index contributed by atoms with van der Waals surface area (Å²) in [4.78, 5) is 29.5. The van der Waals surface area contributed by atoms with Crippen molar-refractivity contribution in [2.75, 3.05) is 16.8 Å². The summed E-state index contributed by atoms with van der Waals surface area (Å²) in [6.07, 6.45) is 2.79. The summed E-state index contributed by atoms with van der Waals surface area (Å²) in [6, 6.07) is 21.3. The number of halogens is 2. The molecule has 6 rings (SSSR count). The van der Waals surface area contributed by atoms with E-state index in [0.29, 0.717) is 22.0 Å². The van der Waals surface area contributed by atoms with Crippen LogP contribution in [-0.2, 0) is 22.4 Å². The van der Waals surface area contributed by atoms with E-state index in [0.717, 1.165) is 41.9 Å². The molecule has 0 radical (unpaired) electrons. The summed E-state index contributed by atoms with van der Waals surface area (Å²) in [5.41, 5.74) is 6.53. The van der Waals surface area contributed by atoms with E-state index < -0.39 is 6.04 Å². The van der Waals surface area contributed by atoms with Gasteiger partial charge in [-0.2, -0.15) is 0 Å². The van der Waals surface area contributed by atoms with Gasteiger partial charge in [-0.15, -0.1) is 0 Å². The van der Waals surface area contributed by atoms with Crippen LogP contribution >= 0.6 is 23.2 Å². The van der Waals surface area contributed by atoms with Crippen LogP contribution in [-0.4, -0.2) is 24.3 Å². The fourth-order valence-corrected chi connectivity index (χ4v) is 6.65. The molecular weight excluding hydrogens is 529 g/mol. The van der Waals surface area contributed by atoms with Crippen molar-refractivity contribution in [3.63, 3.8) is 0 Å². The summed E-state index contributed by atoms with van der Waals surface area (Å²) in [5, 5.41) is 7.71. The van der Waals surface area contributed by atoms with E-state index in [1.165, 1.54) is 11.1 Å². The maximum Gasteiger partial charge on any atom is 0.239 e. The molecule has 0 fully saturated rings. The molecule has 200 valence electrons. The SMILES string of the molecule is CC1(C)CC(=O)C2=C(C1)Nc1ccccc1N(CC(=O)NC1Cc3ccccc3C1)C2c1ccc(Cl)c(Cl)c1. The minimum absolute atomic E-state index is 0.0468. The third kappa shape index (κ3) is 5.06. The monoisotopic (exact) mass is 559 g/mol. The summed E-state index contributed by atoms with van der Waals surface area (Å²) in [5.74, 6) is -0.00501. The smallest absolute Gasteiger partial charge is 0.239 e. The molecule has 7 heteroatoms. The third-order valence-corrected chi connectivity index (χ3v) is 8.73. The zero-order valence-electron chi connectivity index (χ0n) is 22.1. The molecule has 1 atom stereocenters. The molecule has 3 aliphatic rings. The minimum atomic E-state index is -0.499. The minimum Gasteiger partial charge on any atom is -0.357 e. The van der Waals surface area contributed by atoms with E-state index in [9.17, 15) is 9.59 Å². The number of hydrogen-bond acceptors (Lipinski definition) is 4.